The van der Waals surface area contributed by atoms with Crippen LogP contribution < -0.4 is 15.4 Å². The average molecular weight is 332 g/mol. The maximum Gasteiger partial charge on any atom is 0.338 e. The highest BCUT2D eigenvalue weighted by molar-refractivity contribution is 5.95. The summed E-state index contributed by atoms with van der Waals surface area (Å²) in [5.74, 6) is 0.220. The molecule has 1 aromatic rings. The average Bonchev–Trinajstić information content (AvgIpc) is 2.57. The predicted octanol–water partition coefficient (Wildman–Crippen LogP) is 3.06. The van der Waals surface area contributed by atoms with Gasteiger partial charge in [0.25, 0.3) is 0 Å². The number of amides is 2. The molecule has 0 saturated heterocycles. The van der Waals surface area contributed by atoms with Crippen LogP contribution in [0.15, 0.2) is 35.5 Å². The van der Waals surface area contributed by atoms with Gasteiger partial charge in [0.1, 0.15) is 5.75 Å². The Balaban J connectivity index is 2.40. The van der Waals surface area contributed by atoms with Crippen molar-refractivity contribution >= 4 is 12.0 Å². The third kappa shape index (κ3) is 4.07. The number of benzene rings is 1. The van der Waals surface area contributed by atoms with Crippen LogP contribution in [-0.2, 0) is 9.53 Å². The first kappa shape index (κ1) is 17.8. The van der Waals surface area contributed by atoms with E-state index in [2.05, 4.69) is 10.6 Å². The Bertz CT molecular complexity index is 640. The summed E-state index contributed by atoms with van der Waals surface area (Å²) in [7, 11) is 0. The van der Waals surface area contributed by atoms with E-state index >= 15 is 0 Å². The van der Waals surface area contributed by atoms with Crippen molar-refractivity contribution in [3.05, 3.63) is 41.1 Å². The van der Waals surface area contributed by atoms with Gasteiger partial charge >= 0.3 is 12.0 Å². The fourth-order valence-corrected chi connectivity index (χ4v) is 2.53. The molecular weight excluding hydrogens is 308 g/mol. The van der Waals surface area contributed by atoms with Gasteiger partial charge in [0.05, 0.1) is 24.8 Å². The van der Waals surface area contributed by atoms with Gasteiger partial charge in [-0.05, 0) is 25.8 Å². The standard InChI is InChI=1S/C18H24N2O4/c1-4-10-23-14-9-7-6-8-13(14)16-15(17(21)24-11-5-2)12(3)19-18(22)20-16/h6-9,16H,4-5,10-11H2,1-3H3,(H2,19,20,22)/t16-/m0/s1. The largest absolute Gasteiger partial charge is 0.493 e. The van der Waals surface area contributed by atoms with Crippen molar-refractivity contribution < 1.29 is 19.1 Å². The van der Waals surface area contributed by atoms with Gasteiger partial charge in [0.15, 0.2) is 0 Å². The third-order valence-corrected chi connectivity index (χ3v) is 3.62. The Morgan fingerprint density at radius 2 is 1.88 bits per heavy atom. The minimum atomic E-state index is -0.601. The van der Waals surface area contributed by atoms with Gasteiger partial charge in [-0.3, -0.25) is 0 Å². The van der Waals surface area contributed by atoms with Crippen LogP contribution in [0.25, 0.3) is 0 Å². The molecule has 130 valence electrons. The van der Waals surface area contributed by atoms with E-state index in [4.69, 9.17) is 9.47 Å². The molecule has 1 heterocycles. The zero-order chi connectivity index (χ0) is 17.5. The maximum absolute atomic E-state index is 12.5. The van der Waals surface area contributed by atoms with E-state index in [1.807, 2.05) is 38.1 Å². The van der Waals surface area contributed by atoms with E-state index in [0.29, 0.717) is 30.2 Å². The lowest BCUT2D eigenvalue weighted by Crippen LogP contribution is -2.45. The van der Waals surface area contributed by atoms with Gasteiger partial charge in [0.2, 0.25) is 0 Å². The number of nitrogens with one attached hydrogen (secondary N) is 2. The second-order valence-electron chi connectivity index (χ2n) is 5.59. The van der Waals surface area contributed by atoms with Crippen molar-refractivity contribution in [2.24, 2.45) is 0 Å². The smallest absolute Gasteiger partial charge is 0.338 e. The van der Waals surface area contributed by atoms with Crippen LogP contribution in [0.4, 0.5) is 4.79 Å². The van der Waals surface area contributed by atoms with Gasteiger partial charge in [-0.25, -0.2) is 9.59 Å². The van der Waals surface area contributed by atoms with Crippen molar-refractivity contribution in [2.45, 2.75) is 39.7 Å². The number of para-hydroxylation sites is 1. The van der Waals surface area contributed by atoms with Crippen LogP contribution in [0.3, 0.4) is 0 Å². The molecular formula is C18H24N2O4. The molecule has 0 saturated carbocycles. The van der Waals surface area contributed by atoms with Gasteiger partial charge < -0.3 is 20.1 Å². The fourth-order valence-electron chi connectivity index (χ4n) is 2.53. The highest BCUT2D eigenvalue weighted by atomic mass is 16.5. The normalized spacial score (nSPS) is 17.1. The zero-order valence-corrected chi connectivity index (χ0v) is 14.3. The van der Waals surface area contributed by atoms with Crippen molar-refractivity contribution in [1.82, 2.24) is 10.6 Å². The Hall–Kier alpha value is -2.50. The van der Waals surface area contributed by atoms with E-state index < -0.39 is 12.0 Å². The summed E-state index contributed by atoms with van der Waals surface area (Å²) in [6.07, 6.45) is 1.60. The summed E-state index contributed by atoms with van der Waals surface area (Å²) in [5.41, 5.74) is 1.63. The lowest BCUT2D eigenvalue weighted by Gasteiger charge is -2.29. The van der Waals surface area contributed by atoms with E-state index in [0.717, 1.165) is 18.4 Å². The van der Waals surface area contributed by atoms with Gasteiger partial charge in [-0.1, -0.05) is 32.0 Å². The number of hydrogen-bond acceptors (Lipinski definition) is 4. The second-order valence-corrected chi connectivity index (χ2v) is 5.59. The molecule has 0 aromatic heterocycles. The molecule has 0 unspecified atom stereocenters. The van der Waals surface area contributed by atoms with Crippen LogP contribution >= 0.6 is 0 Å². The first-order valence-electron chi connectivity index (χ1n) is 8.25. The molecule has 0 fully saturated rings. The Morgan fingerprint density at radius 3 is 2.58 bits per heavy atom. The minimum Gasteiger partial charge on any atom is -0.493 e. The molecule has 1 atom stereocenters. The SMILES string of the molecule is CCCOC(=O)C1=C(C)NC(=O)N[C@H]1c1ccccc1OCCC. The lowest BCUT2D eigenvalue weighted by molar-refractivity contribution is -0.139. The molecule has 1 aromatic carbocycles. The van der Waals surface area contributed by atoms with Gasteiger partial charge in [0, 0.05) is 11.3 Å². The summed E-state index contributed by atoms with van der Waals surface area (Å²) < 4.78 is 11.1. The Labute approximate surface area is 142 Å². The molecule has 6 nitrogen and oxygen atoms in total. The number of urea groups is 1. The van der Waals surface area contributed by atoms with E-state index in [9.17, 15) is 9.59 Å². The number of allylic oxidation sites excluding steroid dienone is 1. The number of ether oxygens (including phenoxy) is 2. The van der Waals surface area contributed by atoms with Crippen LogP contribution in [0.2, 0.25) is 0 Å². The summed E-state index contributed by atoms with van der Waals surface area (Å²) in [6.45, 7) is 6.55. The second kappa shape index (κ2) is 8.38. The summed E-state index contributed by atoms with van der Waals surface area (Å²) in [5, 5.41) is 5.44. The minimum absolute atomic E-state index is 0.338. The zero-order valence-electron chi connectivity index (χ0n) is 14.3. The first-order chi connectivity index (χ1) is 11.6. The summed E-state index contributed by atoms with van der Waals surface area (Å²) in [4.78, 5) is 24.4. The quantitative estimate of drug-likeness (QED) is 0.752. The molecule has 6 heteroatoms. The van der Waals surface area contributed by atoms with E-state index in [1.165, 1.54) is 0 Å². The Morgan fingerprint density at radius 1 is 1.17 bits per heavy atom. The van der Waals surface area contributed by atoms with Gasteiger partial charge in [-0.2, -0.15) is 0 Å². The first-order valence-corrected chi connectivity index (χ1v) is 8.25. The molecule has 0 radical (unpaired) electrons. The molecule has 0 spiro atoms. The molecule has 1 aliphatic heterocycles. The number of carbonyl (C=O) groups excluding carboxylic acids is 2. The summed E-state index contributed by atoms with van der Waals surface area (Å²) >= 11 is 0. The van der Waals surface area contributed by atoms with Crippen molar-refractivity contribution in [1.29, 1.82) is 0 Å². The van der Waals surface area contributed by atoms with Crippen molar-refractivity contribution in [3.8, 4) is 5.75 Å². The highest BCUT2D eigenvalue weighted by Crippen LogP contribution is 2.33. The van der Waals surface area contributed by atoms with Crippen molar-refractivity contribution in [3.63, 3.8) is 0 Å². The fraction of sp³-hybridized carbons (Fsp3) is 0.444. The number of hydrogen-bond donors (Lipinski definition) is 2. The third-order valence-electron chi connectivity index (χ3n) is 3.62. The Kier molecular flexibility index (Phi) is 6.23. The van der Waals surface area contributed by atoms with E-state index in [-0.39, 0.29) is 6.03 Å². The molecule has 2 amide bonds. The van der Waals surface area contributed by atoms with Crippen molar-refractivity contribution in [2.75, 3.05) is 13.2 Å². The maximum atomic E-state index is 12.5. The van der Waals surface area contributed by atoms with Crippen LogP contribution in [-0.4, -0.2) is 25.2 Å². The summed E-state index contributed by atoms with van der Waals surface area (Å²) in [6, 6.07) is 6.45. The molecule has 24 heavy (non-hydrogen) atoms. The molecule has 0 aliphatic carbocycles. The molecule has 2 rings (SSSR count). The molecule has 0 bridgehead atoms. The van der Waals surface area contributed by atoms with Crippen LogP contribution in [0, 0.1) is 0 Å². The topological polar surface area (TPSA) is 76.7 Å². The predicted molar refractivity (Wildman–Crippen MR) is 90.6 cm³/mol. The van der Waals surface area contributed by atoms with Gasteiger partial charge in [-0.15, -0.1) is 0 Å². The molecule has 2 N–H and O–H groups in total. The lowest BCUT2D eigenvalue weighted by atomic mass is 9.95. The highest BCUT2D eigenvalue weighted by Gasteiger charge is 2.33. The number of esters is 1. The number of carbonyl (C=O) groups is 2. The van der Waals surface area contributed by atoms with E-state index in [1.54, 1.807) is 6.92 Å². The molecule has 1 aliphatic rings. The monoisotopic (exact) mass is 332 g/mol. The van der Waals surface area contributed by atoms with Crippen LogP contribution in [0.1, 0.15) is 45.2 Å². The number of rotatable bonds is 7. The van der Waals surface area contributed by atoms with Crippen LogP contribution in [0.5, 0.6) is 5.75 Å².